The van der Waals surface area contributed by atoms with Crippen molar-refractivity contribution >= 4 is 11.9 Å². The van der Waals surface area contributed by atoms with Crippen LogP contribution in [0.5, 0.6) is 0 Å². The molecule has 1 aromatic rings. The number of amides is 1. The third-order valence-electron chi connectivity index (χ3n) is 4.06. The number of carbonyl (C=O) groups excluding carboxylic acids is 1. The smallest absolute Gasteiger partial charge is 0.311 e. The van der Waals surface area contributed by atoms with Gasteiger partial charge in [0, 0.05) is 6.54 Å². The van der Waals surface area contributed by atoms with E-state index in [2.05, 4.69) is 0 Å². The summed E-state index contributed by atoms with van der Waals surface area (Å²) in [4.78, 5) is 25.6. The molecule has 0 aromatic heterocycles. The van der Waals surface area contributed by atoms with E-state index < -0.39 is 11.9 Å². The first kappa shape index (κ1) is 15.5. The molecule has 21 heavy (non-hydrogen) atoms. The van der Waals surface area contributed by atoms with Gasteiger partial charge in [0.25, 0.3) is 0 Å². The lowest BCUT2D eigenvalue weighted by Gasteiger charge is -2.31. The van der Waals surface area contributed by atoms with Crippen molar-refractivity contribution < 1.29 is 19.4 Å². The molecule has 1 aromatic carbocycles. The highest BCUT2D eigenvalue weighted by molar-refractivity contribution is 5.84. The van der Waals surface area contributed by atoms with Crippen LogP contribution in [0.1, 0.15) is 25.3 Å². The van der Waals surface area contributed by atoms with Crippen LogP contribution in [0.2, 0.25) is 0 Å². The first-order valence-electron chi connectivity index (χ1n) is 7.22. The lowest BCUT2D eigenvalue weighted by Crippen LogP contribution is -2.47. The van der Waals surface area contributed by atoms with Gasteiger partial charge in [-0.15, -0.1) is 0 Å². The van der Waals surface area contributed by atoms with E-state index in [0.29, 0.717) is 6.54 Å². The molecule has 0 radical (unpaired) electrons. The molecule has 5 nitrogen and oxygen atoms in total. The molecule has 5 heteroatoms. The van der Waals surface area contributed by atoms with Gasteiger partial charge < -0.3 is 14.7 Å². The highest BCUT2D eigenvalue weighted by Gasteiger charge is 2.40. The Kier molecular flexibility index (Phi) is 4.96. The molecule has 0 spiro atoms. The summed E-state index contributed by atoms with van der Waals surface area (Å²) in [5.41, 5.74) is 0.937. The zero-order valence-corrected chi connectivity index (χ0v) is 12.4. The van der Waals surface area contributed by atoms with E-state index in [9.17, 15) is 14.7 Å². The van der Waals surface area contributed by atoms with Crippen molar-refractivity contribution in [2.75, 3.05) is 19.8 Å². The maximum Gasteiger partial charge on any atom is 0.311 e. The van der Waals surface area contributed by atoms with Crippen molar-refractivity contribution in [1.82, 2.24) is 4.90 Å². The predicted molar refractivity (Wildman–Crippen MR) is 78.0 cm³/mol. The molecule has 1 aliphatic rings. The topological polar surface area (TPSA) is 66.8 Å². The second kappa shape index (κ2) is 6.72. The third kappa shape index (κ3) is 3.24. The monoisotopic (exact) mass is 291 g/mol. The second-order valence-corrected chi connectivity index (χ2v) is 5.31. The van der Waals surface area contributed by atoms with E-state index in [1.165, 1.54) is 0 Å². The highest BCUT2D eigenvalue weighted by Crippen LogP contribution is 2.25. The normalized spacial score (nSPS) is 22.8. The van der Waals surface area contributed by atoms with Crippen molar-refractivity contribution in [1.29, 1.82) is 0 Å². The van der Waals surface area contributed by atoms with Gasteiger partial charge in [-0.1, -0.05) is 30.3 Å². The van der Waals surface area contributed by atoms with E-state index in [1.54, 1.807) is 4.90 Å². The molecular formula is C16H21NO4. The van der Waals surface area contributed by atoms with Gasteiger partial charge in [0.1, 0.15) is 5.92 Å². The van der Waals surface area contributed by atoms with E-state index in [0.717, 1.165) is 5.56 Å². The molecule has 0 aliphatic carbocycles. The number of hydrogen-bond acceptors (Lipinski definition) is 3. The van der Waals surface area contributed by atoms with E-state index in [1.807, 2.05) is 44.2 Å². The van der Waals surface area contributed by atoms with Crippen molar-refractivity contribution in [3.05, 3.63) is 35.9 Å². The minimum atomic E-state index is -0.906. The van der Waals surface area contributed by atoms with Crippen LogP contribution in [-0.4, -0.2) is 47.7 Å². The molecule has 3 unspecified atom stereocenters. The van der Waals surface area contributed by atoms with Crippen LogP contribution in [0.3, 0.4) is 0 Å². The van der Waals surface area contributed by atoms with Crippen LogP contribution in [0.15, 0.2) is 30.3 Å². The van der Waals surface area contributed by atoms with Gasteiger partial charge in [-0.25, -0.2) is 0 Å². The number of benzene rings is 1. The van der Waals surface area contributed by atoms with Crippen LogP contribution < -0.4 is 0 Å². The van der Waals surface area contributed by atoms with Crippen LogP contribution in [-0.2, 0) is 14.3 Å². The first-order chi connectivity index (χ1) is 10.1. The summed E-state index contributed by atoms with van der Waals surface area (Å²) < 4.78 is 5.27. The Hall–Kier alpha value is -1.88. The Labute approximate surface area is 124 Å². The minimum absolute atomic E-state index is 0.0505. The molecule has 3 atom stereocenters. The van der Waals surface area contributed by atoms with Crippen LogP contribution in [0.4, 0.5) is 0 Å². The Morgan fingerprint density at radius 3 is 2.57 bits per heavy atom. The molecule has 2 rings (SSSR count). The number of nitrogens with zero attached hydrogens (tertiary/aromatic N) is 1. The molecule has 0 saturated carbocycles. The quantitative estimate of drug-likeness (QED) is 0.897. The first-order valence-corrected chi connectivity index (χ1v) is 7.22. The van der Waals surface area contributed by atoms with Crippen molar-refractivity contribution in [2.45, 2.75) is 25.8 Å². The van der Waals surface area contributed by atoms with Crippen molar-refractivity contribution in [2.24, 2.45) is 5.92 Å². The van der Waals surface area contributed by atoms with Gasteiger partial charge >= 0.3 is 5.97 Å². The minimum Gasteiger partial charge on any atom is -0.481 e. The summed E-state index contributed by atoms with van der Waals surface area (Å²) in [5.74, 6) is -1.89. The van der Waals surface area contributed by atoms with Gasteiger partial charge in [-0.2, -0.15) is 0 Å². The summed E-state index contributed by atoms with van der Waals surface area (Å²) in [6.45, 7) is 4.66. The summed E-state index contributed by atoms with van der Waals surface area (Å²) >= 11 is 0. The third-order valence-corrected chi connectivity index (χ3v) is 4.06. The molecule has 1 saturated heterocycles. The fourth-order valence-corrected chi connectivity index (χ4v) is 2.77. The number of carboxylic acids is 1. The summed E-state index contributed by atoms with van der Waals surface area (Å²) in [6, 6.07) is 9.14. The molecule has 1 N–H and O–H groups in total. The molecule has 1 amide bonds. The number of carbonyl (C=O) groups is 2. The number of ether oxygens (including phenoxy) is 1. The summed E-state index contributed by atoms with van der Waals surface area (Å²) in [5, 5.41) is 9.25. The Morgan fingerprint density at radius 1 is 1.33 bits per heavy atom. The number of carboxylic acid groups (broad SMARTS) is 1. The summed E-state index contributed by atoms with van der Waals surface area (Å²) in [6.07, 6.45) is 0. The molecular weight excluding hydrogens is 270 g/mol. The Balaban J connectivity index is 2.17. The Bertz CT molecular complexity index is 502. The highest BCUT2D eigenvalue weighted by atomic mass is 16.5. The molecule has 1 heterocycles. The Morgan fingerprint density at radius 2 is 2.00 bits per heavy atom. The standard InChI is InChI=1S/C16H21NO4/c1-3-17(14-10-21-9-13(14)16(19)20)15(18)11(2)12-7-5-4-6-8-12/h4-8,11,13-14H,3,9-10H2,1-2H3,(H,19,20). The number of hydrogen-bond donors (Lipinski definition) is 1. The van der Waals surface area contributed by atoms with E-state index >= 15 is 0 Å². The average Bonchev–Trinajstić information content (AvgIpc) is 2.97. The van der Waals surface area contributed by atoms with Gasteiger partial charge in [0.15, 0.2) is 0 Å². The largest absolute Gasteiger partial charge is 0.481 e. The maximum absolute atomic E-state index is 12.7. The number of likely N-dealkylation sites (N-methyl/N-ethyl adjacent to an activating group) is 1. The lowest BCUT2D eigenvalue weighted by atomic mass is 9.96. The van der Waals surface area contributed by atoms with E-state index in [-0.39, 0.29) is 31.1 Å². The summed E-state index contributed by atoms with van der Waals surface area (Å²) in [7, 11) is 0. The maximum atomic E-state index is 12.7. The predicted octanol–water partition coefficient (Wildman–Crippen LogP) is 1.74. The number of aliphatic carboxylic acids is 1. The lowest BCUT2D eigenvalue weighted by molar-refractivity contribution is -0.145. The molecule has 0 bridgehead atoms. The van der Waals surface area contributed by atoms with Gasteiger partial charge in [0.2, 0.25) is 5.91 Å². The van der Waals surface area contributed by atoms with E-state index in [4.69, 9.17) is 4.74 Å². The fraction of sp³-hybridized carbons (Fsp3) is 0.500. The molecule has 1 aliphatic heterocycles. The zero-order valence-electron chi connectivity index (χ0n) is 12.4. The molecule has 114 valence electrons. The van der Waals surface area contributed by atoms with Crippen LogP contribution in [0.25, 0.3) is 0 Å². The van der Waals surface area contributed by atoms with Crippen LogP contribution >= 0.6 is 0 Å². The zero-order chi connectivity index (χ0) is 15.4. The van der Waals surface area contributed by atoms with Gasteiger partial charge in [-0.3, -0.25) is 9.59 Å². The average molecular weight is 291 g/mol. The molecule has 1 fully saturated rings. The van der Waals surface area contributed by atoms with Gasteiger partial charge in [-0.05, 0) is 19.4 Å². The fourth-order valence-electron chi connectivity index (χ4n) is 2.77. The van der Waals surface area contributed by atoms with Gasteiger partial charge in [0.05, 0.1) is 25.2 Å². The van der Waals surface area contributed by atoms with Crippen LogP contribution in [0, 0.1) is 5.92 Å². The number of rotatable bonds is 5. The van der Waals surface area contributed by atoms with Crippen molar-refractivity contribution in [3.8, 4) is 0 Å². The van der Waals surface area contributed by atoms with Crippen molar-refractivity contribution in [3.63, 3.8) is 0 Å². The second-order valence-electron chi connectivity index (χ2n) is 5.31. The SMILES string of the molecule is CCN(C(=O)C(C)c1ccccc1)C1COCC1C(=O)O.